The average Bonchev–Trinajstić information content (AvgIpc) is 2.49. The predicted molar refractivity (Wildman–Crippen MR) is 50.4 cm³/mol. The van der Waals surface area contributed by atoms with E-state index in [-0.39, 0.29) is 11.9 Å². The van der Waals surface area contributed by atoms with Crippen molar-refractivity contribution in [1.29, 1.82) is 0 Å². The third kappa shape index (κ3) is 2.08. The summed E-state index contributed by atoms with van der Waals surface area (Å²) in [5.74, 6) is 0.0584. The minimum absolute atomic E-state index is 0.0584. The number of aromatic nitrogens is 2. The largest absolute Gasteiger partial charge is 0.347 e. The van der Waals surface area contributed by atoms with Gasteiger partial charge in [0, 0.05) is 20.3 Å². The highest BCUT2D eigenvalue weighted by atomic mass is 16.2. The van der Waals surface area contributed by atoms with Gasteiger partial charge in [0.2, 0.25) is 5.91 Å². The molecule has 1 aromatic rings. The highest BCUT2D eigenvalue weighted by Crippen LogP contribution is 2.07. The van der Waals surface area contributed by atoms with E-state index in [1.165, 1.54) is 0 Å². The molecule has 0 aliphatic carbocycles. The molecule has 0 aliphatic heterocycles. The number of carbonyl (C=O) groups is 1. The van der Waals surface area contributed by atoms with Gasteiger partial charge in [-0.3, -0.25) is 9.48 Å². The molecule has 13 heavy (non-hydrogen) atoms. The van der Waals surface area contributed by atoms with Crippen LogP contribution in [0.1, 0.15) is 18.5 Å². The normalized spacial score (nSPS) is 12.6. The van der Waals surface area contributed by atoms with Gasteiger partial charge < -0.3 is 4.90 Å². The van der Waals surface area contributed by atoms with Gasteiger partial charge in [0.25, 0.3) is 0 Å². The number of rotatable bonds is 2. The lowest BCUT2D eigenvalue weighted by molar-refractivity contribution is -0.131. The van der Waals surface area contributed by atoms with Crippen LogP contribution in [-0.2, 0) is 4.79 Å². The molecule has 1 atom stereocenters. The third-order valence-electron chi connectivity index (χ3n) is 1.93. The van der Waals surface area contributed by atoms with Gasteiger partial charge in [-0.1, -0.05) is 0 Å². The highest BCUT2D eigenvalue weighted by molar-refractivity contribution is 5.79. The fraction of sp³-hybridized carbons (Fsp3) is 0.556. The Hall–Kier alpha value is -1.32. The summed E-state index contributed by atoms with van der Waals surface area (Å²) in [5.41, 5.74) is 1.07. The Morgan fingerprint density at radius 1 is 1.62 bits per heavy atom. The molecule has 0 radical (unpaired) electrons. The molecule has 0 saturated carbocycles. The predicted octanol–water partition coefficient (Wildman–Crippen LogP) is 0.841. The SMILES string of the molecule is Cc1cnn([C@H](C)C(=O)N(C)C)c1. The quantitative estimate of drug-likeness (QED) is 0.678. The first kappa shape index (κ1) is 9.77. The molecule has 1 rings (SSSR count). The molecule has 4 heteroatoms. The van der Waals surface area contributed by atoms with E-state index in [4.69, 9.17) is 0 Å². The Kier molecular flexibility index (Phi) is 2.70. The van der Waals surface area contributed by atoms with Crippen molar-refractivity contribution in [2.75, 3.05) is 14.1 Å². The Morgan fingerprint density at radius 3 is 2.62 bits per heavy atom. The van der Waals surface area contributed by atoms with Gasteiger partial charge in [-0.2, -0.15) is 5.10 Å². The molecule has 1 heterocycles. The van der Waals surface area contributed by atoms with Crippen LogP contribution in [0.4, 0.5) is 0 Å². The summed E-state index contributed by atoms with van der Waals surface area (Å²) in [7, 11) is 3.49. The molecule has 0 saturated heterocycles. The van der Waals surface area contributed by atoms with Crippen molar-refractivity contribution in [2.45, 2.75) is 19.9 Å². The first-order chi connectivity index (χ1) is 6.02. The number of hydrogen-bond acceptors (Lipinski definition) is 2. The van der Waals surface area contributed by atoms with Crippen LogP contribution in [0.3, 0.4) is 0 Å². The number of nitrogens with zero attached hydrogens (tertiary/aromatic N) is 3. The van der Waals surface area contributed by atoms with Crippen molar-refractivity contribution >= 4 is 5.91 Å². The van der Waals surface area contributed by atoms with Crippen LogP contribution < -0.4 is 0 Å². The van der Waals surface area contributed by atoms with E-state index in [2.05, 4.69) is 5.10 Å². The summed E-state index contributed by atoms with van der Waals surface area (Å²) < 4.78 is 1.68. The molecule has 0 bridgehead atoms. The van der Waals surface area contributed by atoms with E-state index >= 15 is 0 Å². The lowest BCUT2D eigenvalue weighted by Gasteiger charge is -2.16. The minimum atomic E-state index is -0.219. The molecule has 0 N–H and O–H groups in total. The molecule has 1 aromatic heterocycles. The first-order valence-corrected chi connectivity index (χ1v) is 4.24. The van der Waals surface area contributed by atoms with Crippen molar-refractivity contribution in [3.05, 3.63) is 18.0 Å². The van der Waals surface area contributed by atoms with Crippen molar-refractivity contribution in [3.8, 4) is 0 Å². The first-order valence-electron chi connectivity index (χ1n) is 4.24. The minimum Gasteiger partial charge on any atom is -0.347 e. The standard InChI is InChI=1S/C9H15N3O/c1-7-5-10-12(6-7)8(2)9(13)11(3)4/h5-6,8H,1-4H3/t8-/m1/s1. The molecular formula is C9H15N3O. The van der Waals surface area contributed by atoms with Crippen molar-refractivity contribution in [3.63, 3.8) is 0 Å². The molecule has 0 aliphatic rings. The smallest absolute Gasteiger partial charge is 0.246 e. The second-order valence-corrected chi connectivity index (χ2v) is 3.41. The summed E-state index contributed by atoms with van der Waals surface area (Å²) in [6.45, 7) is 3.80. The Balaban J connectivity index is 2.79. The lowest BCUT2D eigenvalue weighted by Crippen LogP contribution is -2.30. The number of carbonyl (C=O) groups excluding carboxylic acids is 1. The molecule has 1 amide bonds. The topological polar surface area (TPSA) is 38.1 Å². The van der Waals surface area contributed by atoms with Crippen LogP contribution in [0.25, 0.3) is 0 Å². The van der Waals surface area contributed by atoms with Gasteiger partial charge in [0.05, 0.1) is 6.20 Å². The monoisotopic (exact) mass is 181 g/mol. The van der Waals surface area contributed by atoms with E-state index < -0.39 is 0 Å². The number of amides is 1. The fourth-order valence-electron chi connectivity index (χ4n) is 1.13. The van der Waals surface area contributed by atoms with Crippen LogP contribution in [0.15, 0.2) is 12.4 Å². The second-order valence-electron chi connectivity index (χ2n) is 3.41. The summed E-state index contributed by atoms with van der Waals surface area (Å²) in [4.78, 5) is 13.1. The van der Waals surface area contributed by atoms with Gasteiger partial charge in [-0.05, 0) is 19.4 Å². The van der Waals surface area contributed by atoms with E-state index in [1.807, 2.05) is 20.0 Å². The van der Waals surface area contributed by atoms with Gasteiger partial charge in [0.15, 0.2) is 0 Å². The zero-order valence-corrected chi connectivity index (χ0v) is 8.48. The molecule has 72 valence electrons. The summed E-state index contributed by atoms with van der Waals surface area (Å²) in [5, 5.41) is 4.09. The van der Waals surface area contributed by atoms with Gasteiger partial charge >= 0.3 is 0 Å². The second kappa shape index (κ2) is 3.60. The Labute approximate surface area is 78.1 Å². The molecule has 0 aromatic carbocycles. The molecule has 0 unspecified atom stereocenters. The molecular weight excluding hydrogens is 166 g/mol. The third-order valence-corrected chi connectivity index (χ3v) is 1.93. The summed E-state index contributed by atoms with van der Waals surface area (Å²) in [6.07, 6.45) is 3.62. The number of likely N-dealkylation sites (N-methyl/N-ethyl adjacent to an activating group) is 1. The zero-order valence-electron chi connectivity index (χ0n) is 8.48. The number of aryl methyl sites for hydroxylation is 1. The van der Waals surface area contributed by atoms with E-state index in [1.54, 1.807) is 29.9 Å². The highest BCUT2D eigenvalue weighted by Gasteiger charge is 2.16. The van der Waals surface area contributed by atoms with Crippen molar-refractivity contribution < 1.29 is 4.79 Å². The van der Waals surface area contributed by atoms with Crippen LogP contribution in [-0.4, -0.2) is 34.7 Å². The molecule has 4 nitrogen and oxygen atoms in total. The summed E-state index contributed by atoms with van der Waals surface area (Å²) >= 11 is 0. The Morgan fingerprint density at radius 2 is 2.23 bits per heavy atom. The lowest BCUT2D eigenvalue weighted by atomic mass is 10.3. The molecule has 0 spiro atoms. The van der Waals surface area contributed by atoms with Crippen LogP contribution in [0, 0.1) is 6.92 Å². The maximum absolute atomic E-state index is 11.5. The maximum atomic E-state index is 11.5. The van der Waals surface area contributed by atoms with E-state index in [0.717, 1.165) is 5.56 Å². The van der Waals surface area contributed by atoms with Gasteiger partial charge in [0.1, 0.15) is 6.04 Å². The van der Waals surface area contributed by atoms with Crippen LogP contribution in [0.2, 0.25) is 0 Å². The van der Waals surface area contributed by atoms with E-state index in [0.29, 0.717) is 0 Å². The molecule has 0 fully saturated rings. The number of hydrogen-bond donors (Lipinski definition) is 0. The van der Waals surface area contributed by atoms with Gasteiger partial charge in [-0.25, -0.2) is 0 Å². The summed E-state index contributed by atoms with van der Waals surface area (Å²) in [6, 6.07) is -0.219. The average molecular weight is 181 g/mol. The van der Waals surface area contributed by atoms with E-state index in [9.17, 15) is 4.79 Å². The Bertz CT molecular complexity index is 304. The zero-order chi connectivity index (χ0) is 10.0. The maximum Gasteiger partial charge on any atom is 0.246 e. The van der Waals surface area contributed by atoms with Gasteiger partial charge in [-0.15, -0.1) is 0 Å². The van der Waals surface area contributed by atoms with Crippen molar-refractivity contribution in [1.82, 2.24) is 14.7 Å². The van der Waals surface area contributed by atoms with Crippen LogP contribution in [0.5, 0.6) is 0 Å². The van der Waals surface area contributed by atoms with Crippen LogP contribution >= 0.6 is 0 Å². The van der Waals surface area contributed by atoms with Crippen molar-refractivity contribution in [2.24, 2.45) is 0 Å². The fourth-order valence-corrected chi connectivity index (χ4v) is 1.13.